The van der Waals surface area contributed by atoms with Crippen molar-refractivity contribution in [3.8, 4) is 0 Å². The maximum atomic E-state index is 13.5. The summed E-state index contributed by atoms with van der Waals surface area (Å²) in [5.74, 6) is -0.570. The van der Waals surface area contributed by atoms with Gasteiger partial charge in [-0.3, -0.25) is 0 Å². The Kier molecular flexibility index (Phi) is 6.40. The van der Waals surface area contributed by atoms with Gasteiger partial charge in [0.05, 0.1) is 9.37 Å². The molecule has 0 unspecified atom stereocenters. The number of piperidine rings is 1. The third-order valence-electron chi connectivity index (χ3n) is 3.39. The fourth-order valence-electron chi connectivity index (χ4n) is 2.17. The second-order valence-corrected chi connectivity index (χ2v) is 7.43. The van der Waals surface area contributed by atoms with Crippen molar-refractivity contribution in [1.82, 2.24) is 9.62 Å². The summed E-state index contributed by atoms with van der Waals surface area (Å²) in [6, 6.07) is 3.85. The molecular weight excluding hydrogens is 371 g/mol. The number of halogens is 3. The molecule has 1 saturated heterocycles. The van der Waals surface area contributed by atoms with Gasteiger partial charge >= 0.3 is 0 Å². The summed E-state index contributed by atoms with van der Waals surface area (Å²) >= 11 is 3.02. The highest BCUT2D eigenvalue weighted by atomic mass is 79.9. The van der Waals surface area contributed by atoms with E-state index in [0.717, 1.165) is 32.0 Å². The summed E-state index contributed by atoms with van der Waals surface area (Å²) < 4.78 is 39.9. The highest BCUT2D eigenvalue weighted by molar-refractivity contribution is 9.10. The van der Waals surface area contributed by atoms with E-state index in [0.29, 0.717) is 0 Å². The number of hydrogen-bond acceptors (Lipinski definition) is 3. The molecule has 0 spiro atoms. The molecular formula is C12H17BrClFN2O2S. The molecule has 114 valence electrons. The van der Waals surface area contributed by atoms with Gasteiger partial charge in [-0.05, 0) is 60.1 Å². The summed E-state index contributed by atoms with van der Waals surface area (Å²) in [5, 5.41) is 3.19. The zero-order chi connectivity index (χ0) is 14.0. The second-order valence-electron chi connectivity index (χ2n) is 4.58. The van der Waals surface area contributed by atoms with Crippen LogP contribution in [0.3, 0.4) is 0 Å². The number of benzene rings is 1. The lowest BCUT2D eigenvalue weighted by atomic mass is 10.1. The fraction of sp³-hybridized carbons (Fsp3) is 0.500. The predicted molar refractivity (Wildman–Crippen MR) is 82.2 cm³/mol. The van der Waals surface area contributed by atoms with Crippen LogP contribution in [0, 0.1) is 5.82 Å². The van der Waals surface area contributed by atoms with Crippen molar-refractivity contribution >= 4 is 38.4 Å². The van der Waals surface area contributed by atoms with Gasteiger partial charge in [0.2, 0.25) is 10.0 Å². The zero-order valence-electron chi connectivity index (χ0n) is 11.0. The third kappa shape index (κ3) is 3.71. The minimum absolute atomic E-state index is 0. The van der Waals surface area contributed by atoms with E-state index in [1.54, 1.807) is 7.05 Å². The molecule has 1 aromatic carbocycles. The highest BCUT2D eigenvalue weighted by Crippen LogP contribution is 2.24. The fourth-order valence-corrected chi connectivity index (χ4v) is 3.85. The van der Waals surface area contributed by atoms with Crippen LogP contribution in [0.15, 0.2) is 27.6 Å². The van der Waals surface area contributed by atoms with Crippen molar-refractivity contribution in [3.63, 3.8) is 0 Å². The van der Waals surface area contributed by atoms with Crippen LogP contribution in [-0.4, -0.2) is 38.9 Å². The predicted octanol–water partition coefficient (Wildman–Crippen LogP) is 2.38. The summed E-state index contributed by atoms with van der Waals surface area (Å²) in [6.07, 6.45) is 1.55. The van der Waals surface area contributed by atoms with Gasteiger partial charge < -0.3 is 5.32 Å². The van der Waals surface area contributed by atoms with E-state index in [1.165, 1.54) is 16.4 Å². The van der Waals surface area contributed by atoms with Crippen molar-refractivity contribution in [2.24, 2.45) is 0 Å². The molecule has 0 aliphatic carbocycles. The molecule has 0 atom stereocenters. The van der Waals surface area contributed by atoms with E-state index in [2.05, 4.69) is 21.2 Å². The zero-order valence-corrected chi connectivity index (χ0v) is 14.2. The smallest absolute Gasteiger partial charge is 0.243 e. The number of rotatable bonds is 3. The molecule has 0 amide bonds. The monoisotopic (exact) mass is 386 g/mol. The van der Waals surface area contributed by atoms with Crippen LogP contribution in [-0.2, 0) is 10.0 Å². The van der Waals surface area contributed by atoms with Gasteiger partial charge in [0.1, 0.15) is 5.82 Å². The lowest BCUT2D eigenvalue weighted by molar-refractivity contribution is 0.296. The largest absolute Gasteiger partial charge is 0.317 e. The Hall–Kier alpha value is -0.210. The molecule has 0 radical (unpaired) electrons. The van der Waals surface area contributed by atoms with E-state index < -0.39 is 15.8 Å². The molecule has 0 bridgehead atoms. The van der Waals surface area contributed by atoms with Crippen LogP contribution in [0.4, 0.5) is 4.39 Å². The van der Waals surface area contributed by atoms with E-state index >= 15 is 0 Å². The molecule has 20 heavy (non-hydrogen) atoms. The van der Waals surface area contributed by atoms with Crippen molar-refractivity contribution in [1.29, 1.82) is 0 Å². The maximum absolute atomic E-state index is 13.5. The first-order valence-electron chi connectivity index (χ1n) is 6.07. The Morgan fingerprint density at radius 3 is 2.50 bits per heavy atom. The van der Waals surface area contributed by atoms with Crippen molar-refractivity contribution in [2.45, 2.75) is 23.8 Å². The minimum atomic E-state index is -3.63. The Bertz CT molecular complexity index is 565. The number of nitrogens with zero attached hydrogens (tertiary/aromatic N) is 1. The Balaban J connectivity index is 0.00000200. The SMILES string of the molecule is CN(C1CCNCC1)S(=O)(=O)c1ccc(Br)c(F)c1.Cl. The van der Waals surface area contributed by atoms with Gasteiger partial charge in [0, 0.05) is 13.1 Å². The molecule has 1 aliphatic heterocycles. The molecule has 4 nitrogen and oxygen atoms in total. The quantitative estimate of drug-likeness (QED) is 0.866. The first-order valence-corrected chi connectivity index (χ1v) is 8.30. The molecule has 0 saturated carbocycles. The molecule has 1 N–H and O–H groups in total. The van der Waals surface area contributed by atoms with E-state index in [4.69, 9.17) is 0 Å². The van der Waals surface area contributed by atoms with E-state index in [-0.39, 0.29) is 27.8 Å². The van der Waals surface area contributed by atoms with E-state index in [1.807, 2.05) is 0 Å². The number of hydrogen-bond donors (Lipinski definition) is 1. The summed E-state index contributed by atoms with van der Waals surface area (Å²) in [5.41, 5.74) is 0. The number of sulfonamides is 1. The lowest BCUT2D eigenvalue weighted by Crippen LogP contribution is -2.43. The Labute approximate surface area is 133 Å². The summed E-state index contributed by atoms with van der Waals surface area (Å²) in [7, 11) is -2.07. The minimum Gasteiger partial charge on any atom is -0.317 e. The highest BCUT2D eigenvalue weighted by Gasteiger charge is 2.29. The van der Waals surface area contributed by atoms with Crippen LogP contribution >= 0.6 is 28.3 Å². The molecule has 0 aromatic heterocycles. The molecule has 8 heteroatoms. The second kappa shape index (κ2) is 7.17. The third-order valence-corrected chi connectivity index (χ3v) is 5.94. The molecule has 1 aromatic rings. The average Bonchev–Trinajstić information content (AvgIpc) is 2.41. The van der Waals surface area contributed by atoms with Gasteiger partial charge in [-0.1, -0.05) is 0 Å². The van der Waals surface area contributed by atoms with Gasteiger partial charge in [0.25, 0.3) is 0 Å². The molecule has 1 fully saturated rings. The van der Waals surface area contributed by atoms with Crippen LogP contribution in [0.2, 0.25) is 0 Å². The van der Waals surface area contributed by atoms with Crippen molar-refractivity contribution in [3.05, 3.63) is 28.5 Å². The topological polar surface area (TPSA) is 49.4 Å². The Morgan fingerprint density at radius 1 is 1.35 bits per heavy atom. The van der Waals surface area contributed by atoms with Crippen molar-refractivity contribution in [2.75, 3.05) is 20.1 Å². The van der Waals surface area contributed by atoms with Crippen LogP contribution in [0.5, 0.6) is 0 Å². The Morgan fingerprint density at radius 2 is 1.95 bits per heavy atom. The normalized spacial score (nSPS) is 17.0. The number of nitrogens with one attached hydrogen (secondary N) is 1. The average molecular weight is 388 g/mol. The van der Waals surface area contributed by atoms with Gasteiger partial charge in [-0.25, -0.2) is 12.8 Å². The lowest BCUT2D eigenvalue weighted by Gasteiger charge is -2.30. The first-order chi connectivity index (χ1) is 8.93. The standard InChI is InChI=1S/C12H16BrFN2O2S.ClH/c1-16(9-4-6-15-7-5-9)19(17,18)10-2-3-11(13)12(14)8-10;/h2-3,8-9,15H,4-7H2,1H3;1H. The van der Waals surface area contributed by atoms with Gasteiger partial charge in [-0.15, -0.1) is 12.4 Å². The molecule has 2 rings (SSSR count). The van der Waals surface area contributed by atoms with Crippen LogP contribution < -0.4 is 5.32 Å². The van der Waals surface area contributed by atoms with Crippen LogP contribution in [0.25, 0.3) is 0 Å². The molecule has 1 aliphatic rings. The van der Waals surface area contributed by atoms with Gasteiger partial charge in [-0.2, -0.15) is 4.31 Å². The van der Waals surface area contributed by atoms with Crippen molar-refractivity contribution < 1.29 is 12.8 Å². The van der Waals surface area contributed by atoms with Crippen LogP contribution in [0.1, 0.15) is 12.8 Å². The maximum Gasteiger partial charge on any atom is 0.243 e. The molecule has 1 heterocycles. The first kappa shape index (κ1) is 17.8. The summed E-state index contributed by atoms with van der Waals surface area (Å²) in [4.78, 5) is -0.00534. The summed E-state index contributed by atoms with van der Waals surface area (Å²) in [6.45, 7) is 1.61. The van der Waals surface area contributed by atoms with E-state index in [9.17, 15) is 12.8 Å². The van der Waals surface area contributed by atoms with Gasteiger partial charge in [0.15, 0.2) is 0 Å².